The van der Waals surface area contributed by atoms with Gasteiger partial charge in [0, 0.05) is 23.1 Å². The average Bonchev–Trinajstić information content (AvgIpc) is 2.82. The van der Waals surface area contributed by atoms with E-state index in [1.807, 2.05) is 49.4 Å². The van der Waals surface area contributed by atoms with Crippen molar-refractivity contribution in [2.45, 2.75) is 13.5 Å². The first-order valence-electron chi connectivity index (χ1n) is 6.77. The summed E-state index contributed by atoms with van der Waals surface area (Å²) < 4.78 is 0. The van der Waals surface area contributed by atoms with Crippen molar-refractivity contribution in [3.8, 4) is 0 Å². The number of aliphatic hydroxyl groups excluding tert-OH is 1. The molecule has 1 aliphatic rings. The van der Waals surface area contributed by atoms with Gasteiger partial charge >= 0.3 is 0 Å². The molecule has 0 atom stereocenters. The summed E-state index contributed by atoms with van der Waals surface area (Å²) in [6.07, 6.45) is 1.71. The maximum Gasteiger partial charge on any atom is 0.257 e. The SMILES string of the molecule is Cc1cccc2c1C(=CNc1cccc(CO)c1)C(=O)N2. The molecule has 0 aliphatic carbocycles. The van der Waals surface area contributed by atoms with Gasteiger partial charge in [-0.1, -0.05) is 24.3 Å². The van der Waals surface area contributed by atoms with Crippen molar-refractivity contribution in [1.29, 1.82) is 0 Å². The van der Waals surface area contributed by atoms with Gasteiger partial charge in [-0.05, 0) is 36.2 Å². The van der Waals surface area contributed by atoms with E-state index in [-0.39, 0.29) is 12.5 Å². The van der Waals surface area contributed by atoms with E-state index in [2.05, 4.69) is 10.6 Å². The molecule has 0 bridgehead atoms. The zero-order chi connectivity index (χ0) is 14.8. The Bertz CT molecular complexity index is 735. The number of hydrogen-bond acceptors (Lipinski definition) is 3. The van der Waals surface area contributed by atoms with E-state index in [4.69, 9.17) is 5.11 Å². The highest BCUT2D eigenvalue weighted by molar-refractivity contribution is 6.32. The van der Waals surface area contributed by atoms with Gasteiger partial charge in [-0.25, -0.2) is 0 Å². The Kier molecular flexibility index (Phi) is 3.46. The minimum Gasteiger partial charge on any atom is -0.392 e. The van der Waals surface area contributed by atoms with Crippen molar-refractivity contribution in [3.63, 3.8) is 0 Å². The van der Waals surface area contributed by atoms with E-state index in [9.17, 15) is 4.79 Å². The number of aliphatic hydroxyl groups is 1. The lowest BCUT2D eigenvalue weighted by Gasteiger charge is -2.06. The number of fused-ring (bicyclic) bond motifs is 1. The van der Waals surface area contributed by atoms with Crippen LogP contribution in [-0.2, 0) is 11.4 Å². The molecule has 1 aliphatic heterocycles. The van der Waals surface area contributed by atoms with Gasteiger partial charge in [-0.15, -0.1) is 0 Å². The third-order valence-electron chi connectivity index (χ3n) is 3.53. The molecule has 4 nitrogen and oxygen atoms in total. The number of hydrogen-bond donors (Lipinski definition) is 3. The highest BCUT2D eigenvalue weighted by Crippen LogP contribution is 2.34. The molecule has 1 amide bonds. The molecule has 2 aromatic carbocycles. The summed E-state index contributed by atoms with van der Waals surface area (Å²) in [7, 11) is 0. The topological polar surface area (TPSA) is 61.4 Å². The zero-order valence-electron chi connectivity index (χ0n) is 11.7. The second kappa shape index (κ2) is 5.42. The molecule has 3 rings (SSSR count). The molecule has 0 unspecified atom stereocenters. The maximum atomic E-state index is 12.1. The molecular formula is C17H16N2O2. The van der Waals surface area contributed by atoms with Crippen molar-refractivity contribution >= 4 is 22.9 Å². The van der Waals surface area contributed by atoms with Crippen molar-refractivity contribution in [1.82, 2.24) is 0 Å². The molecule has 0 aromatic heterocycles. The van der Waals surface area contributed by atoms with Crippen LogP contribution in [-0.4, -0.2) is 11.0 Å². The molecule has 3 N–H and O–H groups in total. The van der Waals surface area contributed by atoms with Crippen LogP contribution in [0.3, 0.4) is 0 Å². The van der Waals surface area contributed by atoms with E-state index >= 15 is 0 Å². The van der Waals surface area contributed by atoms with Gasteiger partial charge in [0.1, 0.15) is 0 Å². The molecule has 4 heteroatoms. The Balaban J connectivity index is 1.92. The summed E-state index contributed by atoms with van der Waals surface area (Å²) in [4.78, 5) is 12.1. The minimum absolute atomic E-state index is 0.00544. The van der Waals surface area contributed by atoms with E-state index in [0.29, 0.717) is 5.57 Å². The van der Waals surface area contributed by atoms with E-state index in [1.165, 1.54) is 0 Å². The van der Waals surface area contributed by atoms with E-state index < -0.39 is 0 Å². The first-order valence-corrected chi connectivity index (χ1v) is 6.77. The van der Waals surface area contributed by atoms with Crippen LogP contribution < -0.4 is 10.6 Å². The Morgan fingerprint density at radius 1 is 1.24 bits per heavy atom. The molecule has 0 saturated carbocycles. The van der Waals surface area contributed by atoms with Gasteiger partial charge in [0.15, 0.2) is 0 Å². The minimum atomic E-state index is -0.106. The maximum absolute atomic E-state index is 12.1. The van der Waals surface area contributed by atoms with Gasteiger partial charge in [0.2, 0.25) is 0 Å². The number of nitrogens with one attached hydrogen (secondary N) is 2. The number of rotatable bonds is 3. The molecule has 21 heavy (non-hydrogen) atoms. The number of carbonyl (C=O) groups is 1. The Labute approximate surface area is 123 Å². The summed E-state index contributed by atoms with van der Waals surface area (Å²) in [5.41, 5.74) is 5.13. The van der Waals surface area contributed by atoms with Crippen LogP contribution >= 0.6 is 0 Å². The third kappa shape index (κ3) is 2.53. The van der Waals surface area contributed by atoms with Crippen LogP contribution in [0, 0.1) is 6.92 Å². The number of anilines is 2. The lowest BCUT2D eigenvalue weighted by atomic mass is 10.0. The summed E-state index contributed by atoms with van der Waals surface area (Å²) >= 11 is 0. The molecule has 0 saturated heterocycles. The van der Waals surface area contributed by atoms with Crippen LogP contribution in [0.2, 0.25) is 0 Å². The molecule has 0 spiro atoms. The standard InChI is InChI=1S/C17H16N2O2/c1-11-4-2-7-15-16(11)14(17(21)19-15)9-18-13-6-3-5-12(8-13)10-20/h2-9,18,20H,10H2,1H3,(H,19,21). The van der Waals surface area contributed by atoms with Crippen LogP contribution in [0.5, 0.6) is 0 Å². The third-order valence-corrected chi connectivity index (χ3v) is 3.53. The lowest BCUT2D eigenvalue weighted by Crippen LogP contribution is -2.05. The molecular weight excluding hydrogens is 264 g/mol. The summed E-state index contributed by atoms with van der Waals surface area (Å²) in [6, 6.07) is 13.3. The van der Waals surface area contributed by atoms with E-state index in [0.717, 1.165) is 28.1 Å². The Morgan fingerprint density at radius 3 is 2.86 bits per heavy atom. The van der Waals surface area contributed by atoms with Crippen LogP contribution in [0.4, 0.5) is 11.4 Å². The summed E-state index contributed by atoms with van der Waals surface area (Å²) in [5, 5.41) is 15.1. The Morgan fingerprint density at radius 2 is 2.05 bits per heavy atom. The predicted octanol–water partition coefficient (Wildman–Crippen LogP) is 2.89. The van der Waals surface area contributed by atoms with Crippen LogP contribution in [0.1, 0.15) is 16.7 Å². The van der Waals surface area contributed by atoms with Gasteiger partial charge in [-0.3, -0.25) is 4.79 Å². The molecule has 1 heterocycles. The van der Waals surface area contributed by atoms with Crippen LogP contribution in [0.25, 0.3) is 5.57 Å². The highest BCUT2D eigenvalue weighted by Gasteiger charge is 2.25. The Hall–Kier alpha value is -2.59. The quantitative estimate of drug-likeness (QED) is 0.758. The summed E-state index contributed by atoms with van der Waals surface area (Å²) in [5.74, 6) is -0.106. The second-order valence-corrected chi connectivity index (χ2v) is 5.01. The molecule has 0 fully saturated rings. The largest absolute Gasteiger partial charge is 0.392 e. The fraction of sp³-hybridized carbons (Fsp3) is 0.118. The average molecular weight is 280 g/mol. The van der Waals surface area contributed by atoms with Gasteiger partial charge in [-0.2, -0.15) is 0 Å². The van der Waals surface area contributed by atoms with Gasteiger partial charge in [0.05, 0.1) is 12.2 Å². The summed E-state index contributed by atoms with van der Waals surface area (Å²) in [6.45, 7) is 1.98. The molecule has 2 aromatic rings. The molecule has 0 radical (unpaired) electrons. The number of benzene rings is 2. The van der Waals surface area contributed by atoms with E-state index in [1.54, 1.807) is 6.20 Å². The lowest BCUT2D eigenvalue weighted by molar-refractivity contribution is -0.110. The van der Waals surface area contributed by atoms with Gasteiger partial charge < -0.3 is 15.7 Å². The van der Waals surface area contributed by atoms with Crippen molar-refractivity contribution in [2.75, 3.05) is 10.6 Å². The monoisotopic (exact) mass is 280 g/mol. The van der Waals surface area contributed by atoms with Crippen LogP contribution in [0.15, 0.2) is 48.7 Å². The number of aryl methyl sites for hydroxylation is 1. The fourth-order valence-electron chi connectivity index (χ4n) is 2.49. The second-order valence-electron chi connectivity index (χ2n) is 5.01. The van der Waals surface area contributed by atoms with Gasteiger partial charge in [0.25, 0.3) is 5.91 Å². The smallest absolute Gasteiger partial charge is 0.257 e. The van der Waals surface area contributed by atoms with Crippen molar-refractivity contribution in [3.05, 3.63) is 65.4 Å². The zero-order valence-corrected chi connectivity index (χ0v) is 11.7. The number of carbonyl (C=O) groups excluding carboxylic acids is 1. The van der Waals surface area contributed by atoms with Crippen molar-refractivity contribution < 1.29 is 9.90 Å². The highest BCUT2D eigenvalue weighted by atomic mass is 16.3. The first-order chi connectivity index (χ1) is 10.2. The first kappa shape index (κ1) is 13.4. The van der Waals surface area contributed by atoms with Crippen molar-refractivity contribution in [2.24, 2.45) is 0 Å². The number of amides is 1. The predicted molar refractivity (Wildman–Crippen MR) is 83.8 cm³/mol. The fourth-order valence-corrected chi connectivity index (χ4v) is 2.49. The normalized spacial score (nSPS) is 15.0. The molecule has 106 valence electrons.